The number of sulfonamides is 1. The van der Waals surface area contributed by atoms with E-state index in [0.717, 1.165) is 5.56 Å². The average Bonchev–Trinajstić information content (AvgIpc) is 2.93. The Labute approximate surface area is 116 Å². The second-order valence-corrected chi connectivity index (χ2v) is 7.22. The topological polar surface area (TPSA) is 61.2 Å². The van der Waals surface area contributed by atoms with Crippen LogP contribution in [0.5, 0.6) is 0 Å². The first-order valence-corrected chi connectivity index (χ1v) is 7.85. The molecule has 0 aliphatic rings. The third-order valence-corrected chi connectivity index (χ3v) is 5.80. The van der Waals surface area contributed by atoms with Gasteiger partial charge in [0.2, 0.25) is 0 Å². The Bertz CT molecular complexity index is 700. The lowest BCUT2D eigenvalue weighted by atomic mass is 10.1. The summed E-state index contributed by atoms with van der Waals surface area (Å²) < 4.78 is 26.1. The van der Waals surface area contributed by atoms with Crippen molar-refractivity contribution in [1.82, 2.24) is 4.31 Å². The van der Waals surface area contributed by atoms with Gasteiger partial charge >= 0.3 is 0 Å². The van der Waals surface area contributed by atoms with Gasteiger partial charge in [-0.2, -0.15) is 9.57 Å². The van der Waals surface area contributed by atoms with Crippen LogP contribution in [0.3, 0.4) is 0 Å². The van der Waals surface area contributed by atoms with E-state index < -0.39 is 10.0 Å². The summed E-state index contributed by atoms with van der Waals surface area (Å²) >= 11 is 1.19. The Morgan fingerprint density at radius 3 is 2.74 bits per heavy atom. The van der Waals surface area contributed by atoms with E-state index in [0.29, 0.717) is 9.77 Å². The highest BCUT2D eigenvalue weighted by atomic mass is 32.2. The minimum Gasteiger partial charge on any atom is -0.206 e. The van der Waals surface area contributed by atoms with Gasteiger partial charge in [0.05, 0.1) is 11.6 Å². The molecule has 0 fully saturated rings. The Balaban J connectivity index is 2.22. The number of benzene rings is 1. The van der Waals surface area contributed by atoms with Gasteiger partial charge in [-0.15, -0.1) is 11.3 Å². The maximum Gasteiger partial charge on any atom is 0.252 e. The van der Waals surface area contributed by atoms with Crippen molar-refractivity contribution in [1.29, 1.82) is 5.26 Å². The predicted octanol–water partition coefficient (Wildman–Crippen LogP) is 2.44. The standard InChI is InChI=1S/C13H12N2O2S2/c1-15(19(16,17)13-6-3-7-18-13)10-12-5-2-4-11(8-12)9-14/h2-8H,10H2,1H3. The molecule has 2 aromatic rings. The van der Waals surface area contributed by atoms with Crippen LogP contribution in [0.1, 0.15) is 11.1 Å². The quantitative estimate of drug-likeness (QED) is 0.869. The van der Waals surface area contributed by atoms with Crippen LogP contribution in [0.15, 0.2) is 46.0 Å². The van der Waals surface area contributed by atoms with Crippen LogP contribution in [0.2, 0.25) is 0 Å². The summed E-state index contributed by atoms with van der Waals surface area (Å²) in [6.45, 7) is 0.246. The summed E-state index contributed by atoms with van der Waals surface area (Å²) in [7, 11) is -1.91. The lowest BCUT2D eigenvalue weighted by molar-refractivity contribution is 0.468. The number of rotatable bonds is 4. The highest BCUT2D eigenvalue weighted by molar-refractivity contribution is 7.91. The average molecular weight is 292 g/mol. The van der Waals surface area contributed by atoms with Gasteiger partial charge in [-0.3, -0.25) is 0 Å². The van der Waals surface area contributed by atoms with Crippen LogP contribution in [-0.4, -0.2) is 19.8 Å². The zero-order valence-corrected chi connectivity index (χ0v) is 11.9. The Morgan fingerprint density at radius 1 is 1.32 bits per heavy atom. The fraction of sp³-hybridized carbons (Fsp3) is 0.154. The molecule has 0 spiro atoms. The number of thiophene rings is 1. The summed E-state index contributed by atoms with van der Waals surface area (Å²) in [6, 6.07) is 12.3. The van der Waals surface area contributed by atoms with Crippen molar-refractivity contribution >= 4 is 21.4 Å². The molecule has 0 radical (unpaired) electrons. The van der Waals surface area contributed by atoms with Crippen LogP contribution in [0.25, 0.3) is 0 Å². The second-order valence-electron chi connectivity index (χ2n) is 4.01. The van der Waals surface area contributed by atoms with E-state index >= 15 is 0 Å². The van der Waals surface area contributed by atoms with Crippen LogP contribution in [0, 0.1) is 11.3 Å². The van der Waals surface area contributed by atoms with E-state index in [1.54, 1.807) is 41.8 Å². The molecule has 4 nitrogen and oxygen atoms in total. The van der Waals surface area contributed by atoms with Crippen LogP contribution in [-0.2, 0) is 16.6 Å². The smallest absolute Gasteiger partial charge is 0.206 e. The number of hydrogen-bond acceptors (Lipinski definition) is 4. The van der Waals surface area contributed by atoms with Crippen molar-refractivity contribution < 1.29 is 8.42 Å². The third-order valence-electron chi connectivity index (χ3n) is 2.62. The van der Waals surface area contributed by atoms with Crippen LogP contribution >= 0.6 is 11.3 Å². The van der Waals surface area contributed by atoms with Crippen molar-refractivity contribution in [3.8, 4) is 6.07 Å². The molecule has 0 saturated carbocycles. The largest absolute Gasteiger partial charge is 0.252 e. The fourth-order valence-electron chi connectivity index (χ4n) is 1.65. The minimum atomic E-state index is -3.44. The van der Waals surface area contributed by atoms with E-state index in [1.165, 1.54) is 22.7 Å². The molecule has 19 heavy (non-hydrogen) atoms. The van der Waals surface area contributed by atoms with Crippen molar-refractivity contribution in [2.24, 2.45) is 0 Å². The summed E-state index contributed by atoms with van der Waals surface area (Å²) in [4.78, 5) is 0. The van der Waals surface area contributed by atoms with E-state index in [9.17, 15) is 8.42 Å². The first-order valence-electron chi connectivity index (χ1n) is 5.53. The van der Waals surface area contributed by atoms with Crippen LogP contribution < -0.4 is 0 Å². The minimum absolute atomic E-state index is 0.246. The molecule has 1 aromatic carbocycles. The van der Waals surface area contributed by atoms with Gasteiger partial charge in [-0.1, -0.05) is 18.2 Å². The van der Waals surface area contributed by atoms with E-state index in [2.05, 4.69) is 0 Å². The summed E-state index contributed by atoms with van der Waals surface area (Å²) in [5.74, 6) is 0. The highest BCUT2D eigenvalue weighted by Gasteiger charge is 2.21. The van der Waals surface area contributed by atoms with Gasteiger partial charge < -0.3 is 0 Å². The maximum absolute atomic E-state index is 12.2. The maximum atomic E-state index is 12.2. The van der Waals surface area contributed by atoms with E-state index in [-0.39, 0.29) is 6.54 Å². The van der Waals surface area contributed by atoms with Gasteiger partial charge in [0.25, 0.3) is 10.0 Å². The fourth-order valence-corrected chi connectivity index (χ4v) is 4.01. The molecular weight excluding hydrogens is 280 g/mol. The molecule has 98 valence electrons. The number of nitriles is 1. The number of nitrogens with zero attached hydrogens (tertiary/aromatic N) is 2. The molecule has 0 amide bonds. The normalized spacial score (nSPS) is 11.4. The van der Waals surface area contributed by atoms with Crippen molar-refractivity contribution in [2.45, 2.75) is 10.8 Å². The summed E-state index contributed by atoms with van der Waals surface area (Å²) in [5.41, 5.74) is 1.32. The third kappa shape index (κ3) is 3.01. The van der Waals surface area contributed by atoms with Gasteiger partial charge in [0, 0.05) is 13.6 Å². The van der Waals surface area contributed by atoms with Crippen molar-refractivity contribution in [3.05, 3.63) is 52.9 Å². The van der Waals surface area contributed by atoms with Crippen LogP contribution in [0.4, 0.5) is 0 Å². The second kappa shape index (κ2) is 5.53. The molecule has 1 heterocycles. The van der Waals surface area contributed by atoms with Crippen molar-refractivity contribution in [3.63, 3.8) is 0 Å². The zero-order valence-electron chi connectivity index (χ0n) is 10.3. The molecular formula is C13H12N2O2S2. The Hall–Kier alpha value is -1.68. The first kappa shape index (κ1) is 13.7. The molecule has 6 heteroatoms. The molecule has 2 rings (SSSR count). The van der Waals surface area contributed by atoms with Gasteiger partial charge in [0.15, 0.2) is 0 Å². The SMILES string of the molecule is CN(Cc1cccc(C#N)c1)S(=O)(=O)c1cccs1. The molecule has 0 aliphatic heterocycles. The lowest BCUT2D eigenvalue weighted by Crippen LogP contribution is -2.25. The van der Waals surface area contributed by atoms with Crippen molar-refractivity contribution in [2.75, 3.05) is 7.05 Å². The van der Waals surface area contributed by atoms with Gasteiger partial charge in [-0.05, 0) is 29.1 Å². The predicted molar refractivity (Wildman–Crippen MR) is 74.1 cm³/mol. The molecule has 0 atom stereocenters. The molecule has 0 saturated heterocycles. The number of hydrogen-bond donors (Lipinski definition) is 0. The van der Waals surface area contributed by atoms with E-state index in [4.69, 9.17) is 5.26 Å². The Morgan fingerprint density at radius 2 is 2.11 bits per heavy atom. The molecule has 1 aromatic heterocycles. The summed E-state index contributed by atoms with van der Waals surface area (Å²) in [6.07, 6.45) is 0. The first-order chi connectivity index (χ1) is 9.04. The lowest BCUT2D eigenvalue weighted by Gasteiger charge is -2.16. The highest BCUT2D eigenvalue weighted by Crippen LogP contribution is 2.21. The zero-order chi connectivity index (χ0) is 13.9. The van der Waals surface area contributed by atoms with Gasteiger partial charge in [0.1, 0.15) is 4.21 Å². The van der Waals surface area contributed by atoms with Gasteiger partial charge in [-0.25, -0.2) is 8.42 Å². The molecule has 0 aliphatic carbocycles. The summed E-state index contributed by atoms with van der Waals surface area (Å²) in [5, 5.41) is 10.6. The van der Waals surface area contributed by atoms with E-state index in [1.807, 2.05) is 6.07 Å². The monoisotopic (exact) mass is 292 g/mol. The molecule has 0 N–H and O–H groups in total. The Kier molecular flexibility index (Phi) is 4.00. The molecule has 0 unspecified atom stereocenters. The molecule has 0 bridgehead atoms.